The molecule has 8 heteroatoms. The van der Waals surface area contributed by atoms with Gasteiger partial charge in [-0.05, 0) is 23.4 Å². The Morgan fingerprint density at radius 1 is 0.875 bits per heavy atom. The van der Waals surface area contributed by atoms with Crippen molar-refractivity contribution >= 4 is 17.5 Å². The first-order valence-corrected chi connectivity index (χ1v) is 3.86. The summed E-state index contributed by atoms with van der Waals surface area (Å²) in [6.45, 7) is 0. The van der Waals surface area contributed by atoms with E-state index in [-0.39, 0.29) is 5.69 Å². The molecule has 0 radical (unpaired) electrons. The van der Waals surface area contributed by atoms with E-state index < -0.39 is 22.9 Å². The van der Waals surface area contributed by atoms with Gasteiger partial charge in [0.2, 0.25) is 0 Å². The zero-order valence-corrected chi connectivity index (χ0v) is 7.61. The van der Waals surface area contributed by atoms with E-state index in [1.165, 1.54) is 0 Å². The average Bonchev–Trinajstić information content (AvgIpc) is 2.36. The predicted octanol–water partition coefficient (Wildman–Crippen LogP) is 1.90. The largest absolute Gasteiger partial charge is 0.317 e. The molecule has 0 spiro atoms. The van der Waals surface area contributed by atoms with E-state index in [1.807, 2.05) is 0 Å². The molecule has 0 fully saturated rings. The summed E-state index contributed by atoms with van der Waals surface area (Å²) in [6.07, 6.45) is 0. The Bertz CT molecular complexity index is 496. The minimum atomic E-state index is -1.28. The third-order valence-corrected chi connectivity index (χ3v) is 1.74. The van der Waals surface area contributed by atoms with Crippen LogP contribution in [0.4, 0.5) is 5.69 Å². The van der Waals surface area contributed by atoms with Crippen molar-refractivity contribution in [3.05, 3.63) is 44.0 Å². The van der Waals surface area contributed by atoms with Crippen LogP contribution >= 0.6 is 0 Å². The lowest BCUT2D eigenvalue weighted by atomic mass is 10.1. The average molecular weight is 221 g/mol. The molecule has 2 amide bonds. The minimum absolute atomic E-state index is 0.172. The molecule has 0 atom stereocenters. The molecule has 0 aliphatic carbocycles. The van der Waals surface area contributed by atoms with Crippen LogP contribution in [0.25, 0.3) is 0 Å². The third-order valence-electron chi connectivity index (χ3n) is 1.74. The summed E-state index contributed by atoms with van der Waals surface area (Å²) >= 11 is 0. The fourth-order valence-electron chi connectivity index (χ4n) is 1.05. The van der Waals surface area contributed by atoms with E-state index >= 15 is 0 Å². The summed E-state index contributed by atoms with van der Waals surface area (Å²) in [7, 11) is 0. The van der Waals surface area contributed by atoms with E-state index in [0.717, 1.165) is 18.2 Å². The van der Waals surface area contributed by atoms with Gasteiger partial charge in [-0.25, -0.2) is 0 Å². The zero-order valence-electron chi connectivity index (χ0n) is 7.61. The fourth-order valence-corrected chi connectivity index (χ4v) is 1.05. The van der Waals surface area contributed by atoms with Gasteiger partial charge in [0.15, 0.2) is 0 Å². The number of hydrogen-bond donors (Lipinski definition) is 0. The van der Waals surface area contributed by atoms with Gasteiger partial charge in [-0.1, -0.05) is 0 Å². The quantitative estimate of drug-likeness (QED) is 0.721. The van der Waals surface area contributed by atoms with Crippen LogP contribution in [0, 0.1) is 14.7 Å². The normalized spacial score (nSPS) is 9.25. The Hall–Kier alpha value is -2.64. The van der Waals surface area contributed by atoms with Crippen LogP contribution in [0.2, 0.25) is 0 Å². The molecule has 0 heterocycles. The van der Waals surface area contributed by atoms with Crippen molar-refractivity contribution < 1.29 is 9.59 Å². The molecular weight excluding hydrogens is 218 g/mol. The van der Waals surface area contributed by atoms with Crippen molar-refractivity contribution in [1.29, 1.82) is 0 Å². The number of nitroso groups, excluding NO2 is 3. The van der Waals surface area contributed by atoms with Crippen molar-refractivity contribution in [3.8, 4) is 0 Å². The Morgan fingerprint density at radius 2 is 1.44 bits per heavy atom. The van der Waals surface area contributed by atoms with Gasteiger partial charge in [-0.15, -0.1) is 14.7 Å². The zero-order chi connectivity index (χ0) is 12.1. The molecule has 16 heavy (non-hydrogen) atoms. The van der Waals surface area contributed by atoms with Gasteiger partial charge >= 0.3 is 11.8 Å². The molecular formula is C8H3N3O5. The highest BCUT2D eigenvalue weighted by atomic mass is 16.3. The number of rotatable bonds is 3. The SMILES string of the molecule is O=NC(=O)c1ccc(N=O)cc1C(=O)N=O. The second kappa shape index (κ2) is 4.73. The number of amides is 2. The first-order chi connectivity index (χ1) is 7.63. The number of nitrogens with zero attached hydrogens (tertiary/aromatic N) is 3. The monoisotopic (exact) mass is 221 g/mol. The van der Waals surface area contributed by atoms with Gasteiger partial charge in [0.25, 0.3) is 0 Å². The highest BCUT2D eigenvalue weighted by molar-refractivity contribution is 6.08. The number of benzene rings is 1. The van der Waals surface area contributed by atoms with Crippen molar-refractivity contribution in [3.63, 3.8) is 0 Å². The molecule has 0 saturated carbocycles. The first kappa shape index (κ1) is 11.4. The lowest BCUT2D eigenvalue weighted by Gasteiger charge is -1.99. The number of hydrogen-bond acceptors (Lipinski definition) is 6. The minimum Gasteiger partial charge on any atom is -0.263 e. The van der Waals surface area contributed by atoms with E-state index in [1.54, 1.807) is 0 Å². The summed E-state index contributed by atoms with van der Waals surface area (Å²) in [6, 6.07) is 2.99. The molecule has 0 bridgehead atoms. The van der Waals surface area contributed by atoms with Crippen LogP contribution in [0.3, 0.4) is 0 Å². The maximum atomic E-state index is 11.0. The topological polar surface area (TPSA) is 122 Å². The summed E-state index contributed by atoms with van der Waals surface area (Å²) < 4.78 is 0. The lowest BCUT2D eigenvalue weighted by molar-refractivity contribution is 0.0968. The molecule has 1 aromatic rings. The Morgan fingerprint density at radius 3 is 1.94 bits per heavy atom. The van der Waals surface area contributed by atoms with Gasteiger partial charge in [0.1, 0.15) is 5.69 Å². The van der Waals surface area contributed by atoms with Crippen molar-refractivity contribution in [1.82, 2.24) is 0 Å². The smallest absolute Gasteiger partial charge is 0.263 e. The third kappa shape index (κ3) is 2.05. The maximum Gasteiger partial charge on any atom is 0.317 e. The number of carbonyl (C=O) groups is 2. The highest BCUT2D eigenvalue weighted by Gasteiger charge is 2.19. The van der Waals surface area contributed by atoms with Gasteiger partial charge < -0.3 is 0 Å². The molecule has 8 nitrogen and oxygen atoms in total. The summed E-state index contributed by atoms with van der Waals surface area (Å²) in [4.78, 5) is 52.2. The Balaban J connectivity index is 3.43. The van der Waals surface area contributed by atoms with Crippen molar-refractivity contribution in [2.24, 2.45) is 15.5 Å². The fraction of sp³-hybridized carbons (Fsp3) is 0. The van der Waals surface area contributed by atoms with Crippen LogP contribution in [0.5, 0.6) is 0 Å². The molecule has 0 aromatic heterocycles. The number of carbonyl (C=O) groups excluding carboxylic acids is 2. The maximum absolute atomic E-state index is 11.0. The lowest BCUT2D eigenvalue weighted by Crippen LogP contribution is -2.04. The molecule has 0 aliphatic heterocycles. The van der Waals surface area contributed by atoms with Crippen molar-refractivity contribution in [2.45, 2.75) is 0 Å². The summed E-state index contributed by atoms with van der Waals surface area (Å²) in [5, 5.41) is 6.69. The molecule has 0 unspecified atom stereocenters. The Kier molecular flexibility index (Phi) is 3.38. The van der Waals surface area contributed by atoms with Crippen LogP contribution in [0.1, 0.15) is 20.7 Å². The van der Waals surface area contributed by atoms with Crippen LogP contribution in [-0.2, 0) is 0 Å². The van der Waals surface area contributed by atoms with Crippen LogP contribution in [-0.4, -0.2) is 11.8 Å². The van der Waals surface area contributed by atoms with Gasteiger partial charge in [0, 0.05) is 10.4 Å². The molecule has 80 valence electrons. The summed E-state index contributed by atoms with van der Waals surface area (Å²) in [5.74, 6) is -2.51. The molecule has 0 saturated heterocycles. The predicted molar refractivity (Wildman–Crippen MR) is 52.1 cm³/mol. The van der Waals surface area contributed by atoms with E-state index in [2.05, 4.69) is 15.5 Å². The standard InChI is InChI=1S/C8H3N3O5/c12-7(10-15)5-2-1-4(9-14)3-6(5)8(13)11-16/h1-3H. The van der Waals surface area contributed by atoms with E-state index in [0.29, 0.717) is 0 Å². The van der Waals surface area contributed by atoms with Crippen LogP contribution < -0.4 is 0 Å². The Labute approximate surface area is 87.6 Å². The molecule has 1 rings (SSSR count). The molecule has 0 N–H and O–H groups in total. The van der Waals surface area contributed by atoms with Crippen LogP contribution in [0.15, 0.2) is 33.7 Å². The summed E-state index contributed by atoms with van der Waals surface area (Å²) in [5.41, 5.74) is -1.04. The molecule has 0 aliphatic rings. The van der Waals surface area contributed by atoms with Gasteiger partial charge in [-0.2, -0.15) is 0 Å². The first-order valence-electron chi connectivity index (χ1n) is 3.86. The van der Waals surface area contributed by atoms with Gasteiger partial charge in [-0.3, -0.25) is 9.59 Å². The van der Waals surface area contributed by atoms with Gasteiger partial charge in [0.05, 0.1) is 11.1 Å². The van der Waals surface area contributed by atoms with Crippen molar-refractivity contribution in [2.75, 3.05) is 0 Å². The highest BCUT2D eigenvalue weighted by Crippen LogP contribution is 2.20. The molecule has 1 aromatic carbocycles. The second-order valence-corrected chi connectivity index (χ2v) is 2.61. The second-order valence-electron chi connectivity index (χ2n) is 2.61. The van der Waals surface area contributed by atoms with E-state index in [9.17, 15) is 24.3 Å². The van der Waals surface area contributed by atoms with E-state index in [4.69, 9.17) is 0 Å².